The average molecular weight is 291 g/mol. The zero-order valence-electron chi connectivity index (χ0n) is 11.0. The first-order valence-corrected chi connectivity index (χ1v) is 6.40. The van der Waals surface area contributed by atoms with Crippen LogP contribution in [0.5, 0.6) is 11.5 Å². The van der Waals surface area contributed by atoms with E-state index in [1.165, 1.54) is 6.07 Å². The molecule has 7 heteroatoms. The summed E-state index contributed by atoms with van der Waals surface area (Å²) in [4.78, 5) is 5.52. The molecule has 1 radical (unpaired) electrons. The van der Waals surface area contributed by atoms with Gasteiger partial charge in [0.25, 0.3) is 0 Å². The predicted molar refractivity (Wildman–Crippen MR) is 73.7 cm³/mol. The average Bonchev–Trinajstić information content (AvgIpc) is 2.37. The van der Waals surface area contributed by atoms with Crippen molar-refractivity contribution in [2.45, 2.75) is 6.18 Å². The SMILES string of the molecule is FC(F)(F)c1ccc(Oc2cccc(N3C[B]C3)c2)cn1. The van der Waals surface area contributed by atoms with Crippen molar-refractivity contribution in [3.8, 4) is 11.5 Å². The van der Waals surface area contributed by atoms with Crippen LogP contribution in [0.4, 0.5) is 18.9 Å². The number of alkyl halides is 3. The summed E-state index contributed by atoms with van der Waals surface area (Å²) < 4.78 is 42.8. The van der Waals surface area contributed by atoms with E-state index in [0.29, 0.717) is 5.75 Å². The zero-order valence-corrected chi connectivity index (χ0v) is 11.0. The quantitative estimate of drug-likeness (QED) is 0.811. The van der Waals surface area contributed by atoms with Crippen LogP contribution in [0.25, 0.3) is 0 Å². The van der Waals surface area contributed by atoms with Crippen LogP contribution in [0.15, 0.2) is 42.6 Å². The summed E-state index contributed by atoms with van der Waals surface area (Å²) in [5, 5.41) is 0. The van der Waals surface area contributed by atoms with Gasteiger partial charge in [0.2, 0.25) is 0 Å². The van der Waals surface area contributed by atoms with E-state index in [2.05, 4.69) is 17.2 Å². The summed E-state index contributed by atoms with van der Waals surface area (Å²) in [5.41, 5.74) is 0.0922. The number of rotatable bonds is 3. The molecule has 1 aliphatic rings. The lowest BCUT2D eigenvalue weighted by atomic mass is 9.69. The predicted octanol–water partition coefficient (Wildman–Crippen LogP) is 3.33. The van der Waals surface area contributed by atoms with Crippen LogP contribution in [0.1, 0.15) is 5.69 Å². The van der Waals surface area contributed by atoms with E-state index in [9.17, 15) is 13.2 Å². The Morgan fingerprint density at radius 3 is 2.48 bits per heavy atom. The molecule has 0 N–H and O–H groups in total. The van der Waals surface area contributed by atoms with Crippen LogP contribution in [-0.4, -0.2) is 25.2 Å². The summed E-state index contributed by atoms with van der Waals surface area (Å²) in [6, 6.07) is 9.59. The molecule has 0 saturated carbocycles. The van der Waals surface area contributed by atoms with Crippen molar-refractivity contribution in [3.63, 3.8) is 0 Å². The number of aromatic nitrogens is 1. The van der Waals surface area contributed by atoms with Gasteiger partial charge in [-0.3, -0.25) is 0 Å². The Kier molecular flexibility index (Phi) is 3.49. The number of benzene rings is 1. The molecular formula is C14H11BF3N2O. The van der Waals surface area contributed by atoms with Crippen LogP contribution in [0, 0.1) is 0 Å². The van der Waals surface area contributed by atoms with Crippen molar-refractivity contribution >= 4 is 13.0 Å². The third-order valence-electron chi connectivity index (χ3n) is 3.14. The van der Waals surface area contributed by atoms with Gasteiger partial charge in [0, 0.05) is 11.8 Å². The normalized spacial score (nSPS) is 14.3. The molecule has 0 amide bonds. The first-order valence-electron chi connectivity index (χ1n) is 6.40. The highest BCUT2D eigenvalue weighted by atomic mass is 19.4. The molecule has 1 aromatic carbocycles. The van der Waals surface area contributed by atoms with E-state index in [1.807, 2.05) is 18.2 Å². The Labute approximate surface area is 120 Å². The lowest BCUT2D eigenvalue weighted by molar-refractivity contribution is -0.141. The molecule has 107 valence electrons. The third kappa shape index (κ3) is 3.12. The summed E-state index contributed by atoms with van der Waals surface area (Å²) in [6.45, 7) is 0. The summed E-state index contributed by atoms with van der Waals surface area (Å²) in [5.74, 6) is 0.844. The van der Waals surface area contributed by atoms with Gasteiger partial charge in [-0.25, -0.2) is 4.98 Å². The third-order valence-corrected chi connectivity index (χ3v) is 3.14. The molecule has 21 heavy (non-hydrogen) atoms. The van der Waals surface area contributed by atoms with Gasteiger partial charge in [-0.15, -0.1) is 0 Å². The van der Waals surface area contributed by atoms with Gasteiger partial charge in [0.15, 0.2) is 7.28 Å². The fraction of sp³-hybridized carbons (Fsp3) is 0.214. The van der Waals surface area contributed by atoms with E-state index >= 15 is 0 Å². The summed E-state index contributed by atoms with van der Waals surface area (Å²) in [6.07, 6.45) is -1.57. The molecule has 3 rings (SSSR count). The Balaban J connectivity index is 1.74. The standard InChI is InChI=1S/C14H11BF3N2O/c16-14(17,18)13-5-4-12(7-19-13)21-11-3-1-2-10(6-11)20-8-15-9-20/h1-7H,8-9H2. The van der Waals surface area contributed by atoms with Gasteiger partial charge in [0.05, 0.1) is 6.20 Å². The second-order valence-electron chi connectivity index (χ2n) is 4.67. The molecule has 0 aliphatic carbocycles. The number of nitrogens with zero attached hydrogens (tertiary/aromatic N) is 2. The smallest absolute Gasteiger partial charge is 0.433 e. The van der Waals surface area contributed by atoms with Crippen LogP contribution >= 0.6 is 0 Å². The molecule has 0 atom stereocenters. The van der Waals surface area contributed by atoms with Gasteiger partial charge in [-0.2, -0.15) is 13.2 Å². The number of pyridine rings is 1. The highest BCUT2D eigenvalue weighted by Crippen LogP contribution is 2.30. The molecule has 3 nitrogen and oxygen atoms in total. The maximum Gasteiger partial charge on any atom is 0.433 e. The van der Waals surface area contributed by atoms with Crippen LogP contribution in [-0.2, 0) is 6.18 Å². The second-order valence-corrected chi connectivity index (χ2v) is 4.67. The van der Waals surface area contributed by atoms with Crippen molar-refractivity contribution in [1.29, 1.82) is 0 Å². The van der Waals surface area contributed by atoms with E-state index < -0.39 is 11.9 Å². The second kappa shape index (κ2) is 5.31. The largest absolute Gasteiger partial charge is 0.456 e. The first-order chi connectivity index (χ1) is 10.0. The Bertz CT molecular complexity index is 627. The van der Waals surface area contributed by atoms with Crippen LogP contribution < -0.4 is 9.64 Å². The van der Waals surface area contributed by atoms with E-state index in [-0.39, 0.29) is 5.75 Å². The van der Waals surface area contributed by atoms with Gasteiger partial charge in [-0.1, -0.05) is 6.07 Å². The zero-order chi connectivity index (χ0) is 14.9. The summed E-state index contributed by atoms with van der Waals surface area (Å²) >= 11 is 0. The highest BCUT2D eigenvalue weighted by Gasteiger charge is 2.32. The topological polar surface area (TPSA) is 25.4 Å². The first kappa shape index (κ1) is 13.8. The molecule has 2 heterocycles. The fourth-order valence-corrected chi connectivity index (χ4v) is 1.96. The minimum atomic E-state index is -4.44. The molecule has 2 aromatic rings. The molecule has 1 saturated heterocycles. The molecule has 0 spiro atoms. The number of hydrogen-bond donors (Lipinski definition) is 0. The molecule has 1 aliphatic heterocycles. The Morgan fingerprint density at radius 1 is 1.10 bits per heavy atom. The number of halogens is 3. The van der Waals surface area contributed by atoms with Crippen LogP contribution in [0.2, 0.25) is 0 Å². The maximum absolute atomic E-state index is 12.4. The van der Waals surface area contributed by atoms with Gasteiger partial charge in [0.1, 0.15) is 17.2 Å². The number of anilines is 1. The highest BCUT2D eigenvalue weighted by molar-refractivity contribution is 6.42. The molecule has 0 bridgehead atoms. The lowest BCUT2D eigenvalue weighted by Gasteiger charge is -2.32. The van der Waals surface area contributed by atoms with Gasteiger partial charge in [-0.05, 0) is 37.2 Å². The minimum Gasteiger partial charge on any atom is -0.456 e. The summed E-state index contributed by atoms with van der Waals surface area (Å²) in [7, 11) is 2.15. The maximum atomic E-state index is 12.4. The molecular weight excluding hydrogens is 280 g/mol. The number of ether oxygens (including phenoxy) is 1. The van der Waals surface area contributed by atoms with Crippen molar-refractivity contribution < 1.29 is 17.9 Å². The van der Waals surface area contributed by atoms with Crippen molar-refractivity contribution in [2.75, 3.05) is 17.8 Å². The Hall–Kier alpha value is -2.18. The van der Waals surface area contributed by atoms with Crippen molar-refractivity contribution in [2.24, 2.45) is 0 Å². The minimum absolute atomic E-state index is 0.273. The van der Waals surface area contributed by atoms with Crippen molar-refractivity contribution in [1.82, 2.24) is 4.98 Å². The van der Waals surface area contributed by atoms with Crippen LogP contribution in [0.3, 0.4) is 0 Å². The lowest BCUT2D eigenvalue weighted by Crippen LogP contribution is -2.45. The fourth-order valence-electron chi connectivity index (χ4n) is 1.96. The number of hydrogen-bond acceptors (Lipinski definition) is 3. The van der Waals surface area contributed by atoms with E-state index in [1.54, 1.807) is 6.07 Å². The van der Waals surface area contributed by atoms with E-state index in [0.717, 1.165) is 30.8 Å². The Morgan fingerprint density at radius 2 is 1.90 bits per heavy atom. The molecule has 1 aromatic heterocycles. The van der Waals surface area contributed by atoms with Gasteiger partial charge >= 0.3 is 6.18 Å². The van der Waals surface area contributed by atoms with Crippen molar-refractivity contribution in [3.05, 3.63) is 48.3 Å². The van der Waals surface area contributed by atoms with E-state index in [4.69, 9.17) is 4.74 Å². The monoisotopic (exact) mass is 291 g/mol. The van der Waals surface area contributed by atoms with Gasteiger partial charge < -0.3 is 9.64 Å². The molecule has 0 unspecified atom stereocenters. The molecule has 1 fully saturated rings.